The van der Waals surface area contributed by atoms with E-state index >= 15 is 0 Å². The number of carbonyl (C=O) groups excluding carboxylic acids is 3. The maximum Gasteiger partial charge on any atom is 0.248 e. The Morgan fingerprint density at radius 2 is 1.77 bits per heavy atom. The number of amides is 3. The van der Waals surface area contributed by atoms with E-state index in [-0.39, 0.29) is 37.0 Å². The van der Waals surface area contributed by atoms with Crippen molar-refractivity contribution in [3.8, 4) is 0 Å². The van der Waals surface area contributed by atoms with Crippen molar-refractivity contribution in [1.29, 1.82) is 0 Å². The summed E-state index contributed by atoms with van der Waals surface area (Å²) in [6.07, 6.45) is 8.40. The molecule has 0 radical (unpaired) electrons. The van der Waals surface area contributed by atoms with Gasteiger partial charge in [-0.05, 0) is 32.1 Å². The fraction of sp³-hybridized carbons (Fsp3) is 0.741. The van der Waals surface area contributed by atoms with E-state index in [2.05, 4.69) is 20.1 Å². The molecule has 3 amide bonds. The van der Waals surface area contributed by atoms with E-state index in [1.165, 1.54) is 0 Å². The van der Waals surface area contributed by atoms with E-state index < -0.39 is 23.5 Å². The zero-order valence-electron chi connectivity index (χ0n) is 21.5. The molecule has 0 aromatic rings. The molecule has 0 aromatic heterocycles. The lowest BCUT2D eigenvalue weighted by atomic mass is 9.70. The van der Waals surface area contributed by atoms with Crippen molar-refractivity contribution < 1.29 is 24.2 Å². The number of likely N-dealkylation sites (tertiary alicyclic amines) is 1. The first-order valence-corrected chi connectivity index (χ1v) is 13.3. The normalized spacial score (nSPS) is 28.8. The second-order valence-corrected chi connectivity index (χ2v) is 10.0. The minimum Gasteiger partial charge on any atom is -0.396 e. The third-order valence-corrected chi connectivity index (χ3v) is 7.72. The molecule has 3 rings (SSSR count). The predicted molar refractivity (Wildman–Crippen MR) is 134 cm³/mol. The number of unbranched alkanes of at least 4 members (excludes halogenated alkanes) is 2. The maximum atomic E-state index is 14.0. The summed E-state index contributed by atoms with van der Waals surface area (Å²) in [5.74, 6) is -1.69. The van der Waals surface area contributed by atoms with Gasteiger partial charge in [0.05, 0.1) is 17.9 Å². The van der Waals surface area contributed by atoms with Crippen LogP contribution in [0.5, 0.6) is 0 Å². The zero-order chi connectivity index (χ0) is 25.6. The number of aliphatic hydroxyl groups is 1. The molecule has 3 aliphatic heterocycles. The number of aliphatic hydroxyl groups excluding tert-OH is 1. The molecule has 3 saturated heterocycles. The van der Waals surface area contributed by atoms with Crippen LogP contribution in [0.1, 0.15) is 58.8 Å². The highest BCUT2D eigenvalue weighted by molar-refractivity contribution is 5.99. The zero-order valence-corrected chi connectivity index (χ0v) is 21.5. The Kier molecular flexibility index (Phi) is 9.53. The van der Waals surface area contributed by atoms with E-state index in [1.807, 2.05) is 6.92 Å². The van der Waals surface area contributed by atoms with Crippen LogP contribution in [0, 0.1) is 11.8 Å². The standard InChI is InChI=1S/C27H43N3O5/c1-5-9-10-17-29(16-8-4)26(34)23-27-13-12-20(35-27)21(24(32)28(14-6-2)15-7-3)22(27)25(33)30(23)18-11-19-31/h6,8,20-23,31H,2,4-5,7,9-19H2,1,3H3/t20-,21+,22+,23?,27?/m1/s1. The highest BCUT2D eigenvalue weighted by Crippen LogP contribution is 2.59. The summed E-state index contributed by atoms with van der Waals surface area (Å²) < 4.78 is 6.52. The number of rotatable bonds is 15. The molecule has 8 heteroatoms. The average Bonchev–Trinajstić information content (AvgIpc) is 3.48. The summed E-state index contributed by atoms with van der Waals surface area (Å²) in [4.78, 5) is 46.7. The SMILES string of the molecule is C=CCN(CCCCC)C(=O)C1N(CCCO)C(=O)[C@@H]2[C@@H](C(=O)N(CC=C)CCC)[C@H]3CCC12O3. The van der Waals surface area contributed by atoms with Gasteiger partial charge in [0, 0.05) is 39.3 Å². The monoisotopic (exact) mass is 489 g/mol. The highest BCUT2D eigenvalue weighted by atomic mass is 16.5. The lowest BCUT2D eigenvalue weighted by Gasteiger charge is -2.37. The fourth-order valence-electron chi connectivity index (χ4n) is 6.30. The van der Waals surface area contributed by atoms with E-state index in [0.29, 0.717) is 45.4 Å². The Bertz CT molecular complexity index is 802. The van der Waals surface area contributed by atoms with Crippen LogP contribution >= 0.6 is 0 Å². The summed E-state index contributed by atoms with van der Waals surface area (Å²) in [6, 6.07) is -0.782. The summed E-state index contributed by atoms with van der Waals surface area (Å²) in [5.41, 5.74) is -0.995. The van der Waals surface area contributed by atoms with Crippen molar-refractivity contribution in [2.45, 2.75) is 76.5 Å². The fourth-order valence-corrected chi connectivity index (χ4v) is 6.30. The molecular weight excluding hydrogens is 446 g/mol. The minimum absolute atomic E-state index is 0.0787. The molecular formula is C27H43N3O5. The van der Waals surface area contributed by atoms with Crippen molar-refractivity contribution in [3.05, 3.63) is 25.3 Å². The van der Waals surface area contributed by atoms with Crippen LogP contribution in [0.15, 0.2) is 25.3 Å². The summed E-state index contributed by atoms with van der Waals surface area (Å²) in [7, 11) is 0. The smallest absolute Gasteiger partial charge is 0.248 e. The van der Waals surface area contributed by atoms with Crippen molar-refractivity contribution in [1.82, 2.24) is 14.7 Å². The largest absolute Gasteiger partial charge is 0.396 e. The first-order valence-electron chi connectivity index (χ1n) is 13.3. The molecule has 2 unspecified atom stereocenters. The van der Waals surface area contributed by atoms with Gasteiger partial charge >= 0.3 is 0 Å². The van der Waals surface area contributed by atoms with Gasteiger partial charge in [0.2, 0.25) is 17.7 Å². The molecule has 0 saturated carbocycles. The number of fused-ring (bicyclic) bond motifs is 1. The van der Waals surface area contributed by atoms with Gasteiger partial charge in [-0.3, -0.25) is 14.4 Å². The molecule has 1 N–H and O–H groups in total. The van der Waals surface area contributed by atoms with Crippen LogP contribution in [0.2, 0.25) is 0 Å². The number of hydrogen-bond acceptors (Lipinski definition) is 5. The topological polar surface area (TPSA) is 90.4 Å². The quantitative estimate of drug-likeness (QED) is 0.282. The van der Waals surface area contributed by atoms with Gasteiger partial charge in [-0.15, -0.1) is 13.2 Å². The Morgan fingerprint density at radius 1 is 1.09 bits per heavy atom. The van der Waals surface area contributed by atoms with Crippen molar-refractivity contribution in [3.63, 3.8) is 0 Å². The number of carbonyl (C=O) groups is 3. The van der Waals surface area contributed by atoms with Gasteiger partial charge in [0.15, 0.2) is 0 Å². The van der Waals surface area contributed by atoms with Gasteiger partial charge in [-0.25, -0.2) is 0 Å². The lowest BCUT2D eigenvalue weighted by molar-refractivity contribution is -0.148. The molecule has 5 atom stereocenters. The van der Waals surface area contributed by atoms with Crippen LogP contribution in [0.3, 0.4) is 0 Å². The van der Waals surface area contributed by atoms with Gasteiger partial charge in [-0.2, -0.15) is 0 Å². The molecule has 0 aliphatic carbocycles. The van der Waals surface area contributed by atoms with Crippen LogP contribution < -0.4 is 0 Å². The summed E-state index contributed by atoms with van der Waals surface area (Å²) >= 11 is 0. The first kappa shape index (κ1) is 27.4. The second kappa shape index (κ2) is 12.2. The van der Waals surface area contributed by atoms with Crippen LogP contribution in [0.4, 0.5) is 0 Å². The third-order valence-electron chi connectivity index (χ3n) is 7.72. The first-order chi connectivity index (χ1) is 16.9. The Labute approximate surface area is 210 Å². The summed E-state index contributed by atoms with van der Waals surface area (Å²) in [6.45, 7) is 13.9. The summed E-state index contributed by atoms with van der Waals surface area (Å²) in [5, 5.41) is 9.49. The molecule has 35 heavy (non-hydrogen) atoms. The third kappa shape index (κ3) is 5.05. The van der Waals surface area contributed by atoms with Gasteiger partial charge in [0.25, 0.3) is 0 Å². The Hall–Kier alpha value is -2.19. The molecule has 1 spiro atoms. The van der Waals surface area contributed by atoms with Crippen molar-refractivity contribution >= 4 is 17.7 Å². The number of ether oxygens (including phenoxy) is 1. The molecule has 196 valence electrons. The molecule has 8 nitrogen and oxygen atoms in total. The minimum atomic E-state index is -0.995. The van der Waals surface area contributed by atoms with E-state index in [0.717, 1.165) is 25.7 Å². The Balaban J connectivity index is 1.97. The van der Waals surface area contributed by atoms with Gasteiger partial charge < -0.3 is 24.5 Å². The maximum absolute atomic E-state index is 14.0. The molecule has 3 heterocycles. The van der Waals surface area contributed by atoms with Crippen molar-refractivity contribution in [2.75, 3.05) is 39.3 Å². The van der Waals surface area contributed by atoms with E-state index in [9.17, 15) is 19.5 Å². The van der Waals surface area contributed by atoms with E-state index in [1.54, 1.807) is 26.9 Å². The number of hydrogen-bond donors (Lipinski definition) is 1. The van der Waals surface area contributed by atoms with Crippen molar-refractivity contribution in [2.24, 2.45) is 11.8 Å². The van der Waals surface area contributed by atoms with Crippen LogP contribution in [0.25, 0.3) is 0 Å². The molecule has 0 aromatic carbocycles. The van der Waals surface area contributed by atoms with Gasteiger partial charge in [-0.1, -0.05) is 38.8 Å². The predicted octanol–water partition coefficient (Wildman–Crippen LogP) is 2.37. The van der Waals surface area contributed by atoms with E-state index in [4.69, 9.17) is 4.74 Å². The molecule has 3 aliphatic rings. The average molecular weight is 490 g/mol. The van der Waals surface area contributed by atoms with Crippen LogP contribution in [-0.4, -0.2) is 94.6 Å². The molecule has 3 fully saturated rings. The second-order valence-electron chi connectivity index (χ2n) is 10.0. The van der Waals surface area contributed by atoms with Crippen LogP contribution in [-0.2, 0) is 19.1 Å². The van der Waals surface area contributed by atoms with Gasteiger partial charge in [0.1, 0.15) is 11.6 Å². The molecule has 2 bridgehead atoms. The Morgan fingerprint density at radius 3 is 2.37 bits per heavy atom. The lowest BCUT2D eigenvalue weighted by Crippen LogP contribution is -2.56. The highest BCUT2D eigenvalue weighted by Gasteiger charge is 2.74. The number of nitrogens with zero attached hydrogens (tertiary/aromatic N) is 3.